The molecule has 27 heavy (non-hydrogen) atoms. The third-order valence-corrected chi connectivity index (χ3v) is 4.21. The summed E-state index contributed by atoms with van der Waals surface area (Å²) in [7, 11) is 1.14. The molecule has 0 saturated heterocycles. The van der Waals surface area contributed by atoms with Crippen molar-refractivity contribution in [3.63, 3.8) is 0 Å². The van der Waals surface area contributed by atoms with E-state index in [0.717, 1.165) is 25.2 Å². The van der Waals surface area contributed by atoms with E-state index in [4.69, 9.17) is 4.74 Å². The molecule has 0 radical (unpaired) electrons. The quantitative estimate of drug-likeness (QED) is 0.729. The Morgan fingerprint density at radius 1 is 1.11 bits per heavy atom. The summed E-state index contributed by atoms with van der Waals surface area (Å²) in [6.07, 6.45) is -4.48. The highest BCUT2D eigenvalue weighted by molar-refractivity contribution is 5.86. The van der Waals surface area contributed by atoms with E-state index in [0.29, 0.717) is 11.3 Å². The van der Waals surface area contributed by atoms with Gasteiger partial charge in [0.25, 0.3) is 0 Å². The number of hydrogen-bond acceptors (Lipinski definition) is 3. The highest BCUT2D eigenvalue weighted by atomic mass is 19.4. The average molecular weight is 381 g/mol. The summed E-state index contributed by atoms with van der Waals surface area (Å²) in [6.45, 7) is 5.32. The first kappa shape index (κ1) is 20.6. The van der Waals surface area contributed by atoms with Gasteiger partial charge < -0.3 is 9.47 Å². The van der Waals surface area contributed by atoms with E-state index in [2.05, 4.69) is 10.1 Å². The Kier molecular flexibility index (Phi) is 6.36. The standard InChI is InChI=1S/C20H22F3NO3/c1-5-14-6-7-18(13(3)8-14)27-11-15-9-12(2)16(20(21,22)23)10-17(15)24-19(25)26-4/h6-10H,5,11H2,1-4H3,(H,24,25). The van der Waals surface area contributed by atoms with Gasteiger partial charge in [-0.1, -0.05) is 19.1 Å². The molecule has 1 N–H and O–H groups in total. The van der Waals surface area contributed by atoms with Gasteiger partial charge in [-0.05, 0) is 55.2 Å². The lowest BCUT2D eigenvalue weighted by Crippen LogP contribution is -2.16. The van der Waals surface area contributed by atoms with E-state index in [9.17, 15) is 18.0 Å². The van der Waals surface area contributed by atoms with Crippen molar-refractivity contribution < 1.29 is 27.4 Å². The molecule has 2 aromatic rings. The van der Waals surface area contributed by atoms with Crippen LogP contribution in [-0.2, 0) is 23.9 Å². The zero-order chi connectivity index (χ0) is 20.2. The monoisotopic (exact) mass is 381 g/mol. The van der Waals surface area contributed by atoms with E-state index in [-0.39, 0.29) is 17.9 Å². The molecule has 0 fully saturated rings. The van der Waals surface area contributed by atoms with Crippen molar-refractivity contribution in [1.29, 1.82) is 0 Å². The zero-order valence-corrected chi connectivity index (χ0v) is 15.7. The number of nitrogens with one attached hydrogen (secondary N) is 1. The van der Waals surface area contributed by atoms with Gasteiger partial charge in [0, 0.05) is 5.56 Å². The average Bonchev–Trinajstić information content (AvgIpc) is 2.61. The topological polar surface area (TPSA) is 47.6 Å². The molecule has 0 spiro atoms. The number of amides is 1. The third kappa shape index (κ3) is 5.15. The Bertz CT molecular complexity index is 832. The van der Waals surface area contributed by atoms with E-state index in [1.807, 2.05) is 32.0 Å². The van der Waals surface area contributed by atoms with Crippen LogP contribution in [0.2, 0.25) is 0 Å². The molecular weight excluding hydrogens is 359 g/mol. The number of rotatable bonds is 5. The zero-order valence-electron chi connectivity index (χ0n) is 15.7. The van der Waals surface area contributed by atoms with Gasteiger partial charge in [-0.25, -0.2) is 4.79 Å². The van der Waals surface area contributed by atoms with Gasteiger partial charge in [0.15, 0.2) is 0 Å². The summed E-state index contributed by atoms with van der Waals surface area (Å²) in [5.74, 6) is 0.633. The first-order chi connectivity index (χ1) is 12.7. The van der Waals surface area contributed by atoms with Gasteiger partial charge in [-0.2, -0.15) is 13.2 Å². The molecule has 0 atom stereocenters. The van der Waals surface area contributed by atoms with Gasteiger partial charge in [-0.3, -0.25) is 5.32 Å². The summed E-state index contributed by atoms with van der Waals surface area (Å²) in [4.78, 5) is 11.5. The smallest absolute Gasteiger partial charge is 0.416 e. The van der Waals surface area contributed by atoms with Crippen molar-refractivity contribution in [2.24, 2.45) is 0 Å². The normalized spacial score (nSPS) is 11.2. The van der Waals surface area contributed by atoms with E-state index >= 15 is 0 Å². The van der Waals surface area contributed by atoms with Crippen LogP contribution in [0.3, 0.4) is 0 Å². The van der Waals surface area contributed by atoms with Crippen molar-refractivity contribution in [3.8, 4) is 5.75 Å². The number of aryl methyl sites for hydroxylation is 3. The maximum absolute atomic E-state index is 13.2. The number of anilines is 1. The van der Waals surface area contributed by atoms with Gasteiger partial charge in [0.1, 0.15) is 12.4 Å². The van der Waals surface area contributed by atoms with Crippen LogP contribution in [0, 0.1) is 13.8 Å². The number of benzene rings is 2. The minimum Gasteiger partial charge on any atom is -0.489 e. The molecule has 7 heteroatoms. The molecule has 0 aliphatic heterocycles. The summed E-state index contributed by atoms with van der Waals surface area (Å²) >= 11 is 0. The number of ether oxygens (including phenoxy) is 2. The number of carbonyl (C=O) groups excluding carboxylic acids is 1. The fourth-order valence-corrected chi connectivity index (χ4v) is 2.72. The van der Waals surface area contributed by atoms with Crippen LogP contribution >= 0.6 is 0 Å². The number of carbonyl (C=O) groups is 1. The summed E-state index contributed by atoms with van der Waals surface area (Å²) < 4.78 is 49.8. The maximum Gasteiger partial charge on any atom is 0.416 e. The molecule has 0 aliphatic carbocycles. The predicted octanol–water partition coefficient (Wildman–Crippen LogP) is 5.64. The second-order valence-corrected chi connectivity index (χ2v) is 6.18. The Labute approximate surface area is 156 Å². The second-order valence-electron chi connectivity index (χ2n) is 6.18. The van der Waals surface area contributed by atoms with Crippen LogP contribution in [0.15, 0.2) is 30.3 Å². The van der Waals surface area contributed by atoms with Crippen molar-refractivity contribution in [2.75, 3.05) is 12.4 Å². The van der Waals surface area contributed by atoms with Gasteiger partial charge >= 0.3 is 12.3 Å². The Balaban J connectivity index is 2.34. The third-order valence-electron chi connectivity index (χ3n) is 4.21. The number of halogens is 3. The van der Waals surface area contributed by atoms with Crippen LogP contribution in [0.1, 0.15) is 34.7 Å². The first-order valence-electron chi connectivity index (χ1n) is 8.43. The van der Waals surface area contributed by atoms with Gasteiger partial charge in [0.05, 0.1) is 18.4 Å². The highest BCUT2D eigenvalue weighted by Crippen LogP contribution is 2.35. The second kappa shape index (κ2) is 8.33. The van der Waals surface area contributed by atoms with Crippen LogP contribution in [0.5, 0.6) is 5.75 Å². The lowest BCUT2D eigenvalue weighted by molar-refractivity contribution is -0.138. The Morgan fingerprint density at radius 2 is 1.81 bits per heavy atom. The molecule has 146 valence electrons. The van der Waals surface area contributed by atoms with Crippen LogP contribution in [0.4, 0.5) is 23.7 Å². The summed E-state index contributed by atoms with van der Waals surface area (Å²) in [5.41, 5.74) is 1.75. The molecule has 0 aromatic heterocycles. The summed E-state index contributed by atoms with van der Waals surface area (Å²) in [6, 6.07) is 8.04. The minimum atomic E-state index is -4.53. The maximum atomic E-state index is 13.2. The molecule has 0 heterocycles. The molecule has 2 aromatic carbocycles. The fourth-order valence-electron chi connectivity index (χ4n) is 2.72. The first-order valence-corrected chi connectivity index (χ1v) is 8.43. The van der Waals surface area contributed by atoms with E-state index in [1.165, 1.54) is 18.6 Å². The largest absolute Gasteiger partial charge is 0.489 e. The Hall–Kier alpha value is -2.70. The highest BCUT2D eigenvalue weighted by Gasteiger charge is 2.33. The molecule has 1 amide bonds. The van der Waals surface area contributed by atoms with Crippen molar-refractivity contribution in [3.05, 3.63) is 58.1 Å². The molecule has 0 aliphatic rings. The molecular formula is C20H22F3NO3. The van der Waals surface area contributed by atoms with Crippen LogP contribution in [0.25, 0.3) is 0 Å². The molecule has 0 unspecified atom stereocenters. The molecule has 0 saturated carbocycles. The van der Waals surface area contributed by atoms with Crippen molar-refractivity contribution in [1.82, 2.24) is 0 Å². The number of hydrogen-bond donors (Lipinski definition) is 1. The lowest BCUT2D eigenvalue weighted by Gasteiger charge is -2.18. The van der Waals surface area contributed by atoms with Gasteiger partial charge in [0.2, 0.25) is 0 Å². The van der Waals surface area contributed by atoms with E-state index in [1.54, 1.807) is 0 Å². The molecule has 4 nitrogen and oxygen atoms in total. The molecule has 0 bridgehead atoms. The van der Waals surface area contributed by atoms with Gasteiger partial charge in [-0.15, -0.1) is 0 Å². The van der Waals surface area contributed by atoms with Crippen LogP contribution < -0.4 is 10.1 Å². The minimum absolute atomic E-state index is 0.00241. The van der Waals surface area contributed by atoms with E-state index < -0.39 is 17.8 Å². The predicted molar refractivity (Wildman–Crippen MR) is 97.1 cm³/mol. The number of alkyl halides is 3. The molecule has 2 rings (SSSR count). The number of methoxy groups -OCH3 is 1. The summed E-state index contributed by atoms with van der Waals surface area (Å²) in [5, 5.41) is 2.33. The van der Waals surface area contributed by atoms with Crippen molar-refractivity contribution in [2.45, 2.75) is 40.0 Å². The van der Waals surface area contributed by atoms with Crippen molar-refractivity contribution >= 4 is 11.8 Å². The Morgan fingerprint density at radius 3 is 2.37 bits per heavy atom. The fraction of sp³-hybridized carbons (Fsp3) is 0.350. The lowest BCUT2D eigenvalue weighted by atomic mass is 10.0. The SMILES string of the molecule is CCc1ccc(OCc2cc(C)c(C(F)(F)F)cc2NC(=O)OC)c(C)c1. The van der Waals surface area contributed by atoms with Crippen LogP contribution in [-0.4, -0.2) is 13.2 Å².